The average molecular weight is 368 g/mol. The van der Waals surface area contributed by atoms with E-state index in [1.807, 2.05) is 0 Å². The molecule has 1 heteroatoms. The molecule has 0 heterocycles. The predicted molar refractivity (Wildman–Crippen MR) is 121 cm³/mol. The highest BCUT2D eigenvalue weighted by molar-refractivity contribution is 4.57. The molecule has 0 saturated heterocycles. The highest BCUT2D eigenvalue weighted by Gasteiger charge is 2.02. The largest absolute Gasteiger partial charge is 0.306 e. The van der Waals surface area contributed by atoms with E-state index in [9.17, 15) is 0 Å². The van der Waals surface area contributed by atoms with Crippen LogP contribution in [0.3, 0.4) is 0 Å². The monoisotopic (exact) mass is 367 g/mol. The summed E-state index contributed by atoms with van der Waals surface area (Å²) in [6.45, 7) is 9.67. The van der Waals surface area contributed by atoms with E-state index in [0.717, 1.165) is 5.92 Å². The summed E-state index contributed by atoms with van der Waals surface area (Å²) in [4.78, 5) is 2.56. The summed E-state index contributed by atoms with van der Waals surface area (Å²) in [5, 5.41) is 0. The first-order chi connectivity index (χ1) is 12.7. The summed E-state index contributed by atoms with van der Waals surface area (Å²) in [5.41, 5.74) is 0. The van der Waals surface area contributed by atoms with Crippen LogP contribution in [0, 0.1) is 5.92 Å². The molecule has 0 saturated carbocycles. The van der Waals surface area contributed by atoms with Gasteiger partial charge in [-0.1, -0.05) is 124 Å². The lowest BCUT2D eigenvalue weighted by molar-refractivity contribution is 0.313. The maximum atomic E-state index is 2.56. The van der Waals surface area contributed by atoms with Crippen LogP contribution in [0.2, 0.25) is 0 Å². The Bertz CT molecular complexity index is 251. The van der Waals surface area contributed by atoms with Crippen LogP contribution < -0.4 is 0 Å². The summed E-state index contributed by atoms with van der Waals surface area (Å²) in [5.74, 6) is 0.955. The first-order valence-electron chi connectivity index (χ1n) is 12.4. The van der Waals surface area contributed by atoms with Gasteiger partial charge in [0, 0.05) is 0 Å². The van der Waals surface area contributed by atoms with Crippen LogP contribution >= 0.6 is 0 Å². The maximum absolute atomic E-state index is 2.56. The molecule has 1 nitrogen and oxygen atoms in total. The van der Waals surface area contributed by atoms with E-state index in [-0.39, 0.29) is 0 Å². The lowest BCUT2D eigenvalue weighted by Gasteiger charge is -2.16. The number of hydrogen-bond donors (Lipinski definition) is 0. The number of nitrogens with zero attached hydrogens (tertiary/aromatic N) is 1. The molecule has 0 aromatic rings. The van der Waals surface area contributed by atoms with E-state index in [1.54, 1.807) is 0 Å². The van der Waals surface area contributed by atoms with Crippen molar-refractivity contribution in [2.45, 2.75) is 136 Å². The Morgan fingerprint density at radius 2 is 0.846 bits per heavy atom. The summed E-state index contributed by atoms with van der Waals surface area (Å²) in [6.07, 6.45) is 25.8. The molecule has 0 radical (unpaired) electrons. The predicted octanol–water partition coefficient (Wildman–Crippen LogP) is 8.62. The summed E-state index contributed by atoms with van der Waals surface area (Å²) >= 11 is 0. The molecule has 0 rings (SSSR count). The Kier molecular flexibility index (Phi) is 21.2. The molecule has 26 heavy (non-hydrogen) atoms. The summed E-state index contributed by atoms with van der Waals surface area (Å²) < 4.78 is 0. The van der Waals surface area contributed by atoms with Gasteiger partial charge >= 0.3 is 0 Å². The number of rotatable bonds is 21. The van der Waals surface area contributed by atoms with E-state index in [0.29, 0.717) is 0 Å². The lowest BCUT2D eigenvalue weighted by Crippen LogP contribution is -2.20. The van der Waals surface area contributed by atoms with Crippen molar-refractivity contribution in [2.75, 3.05) is 20.1 Å². The van der Waals surface area contributed by atoms with E-state index in [4.69, 9.17) is 0 Å². The zero-order chi connectivity index (χ0) is 19.3. The Hall–Kier alpha value is -0.0400. The second kappa shape index (κ2) is 21.3. The van der Waals surface area contributed by atoms with Gasteiger partial charge in [-0.15, -0.1) is 0 Å². The Balaban J connectivity index is 3.23. The van der Waals surface area contributed by atoms with Gasteiger partial charge in [0.25, 0.3) is 0 Å². The van der Waals surface area contributed by atoms with E-state index >= 15 is 0 Å². The minimum absolute atomic E-state index is 0.955. The fourth-order valence-electron chi connectivity index (χ4n) is 3.92. The van der Waals surface area contributed by atoms with Crippen molar-refractivity contribution < 1.29 is 0 Å². The molecule has 0 aliphatic rings. The number of unbranched alkanes of at least 4 members (excludes halogenated alkanes) is 13. The molecule has 0 fully saturated rings. The minimum Gasteiger partial charge on any atom is -0.306 e. The maximum Gasteiger partial charge on any atom is -0.00218 e. The molecule has 0 amide bonds. The van der Waals surface area contributed by atoms with Crippen molar-refractivity contribution in [1.29, 1.82) is 0 Å². The molecule has 0 aromatic carbocycles. The highest BCUT2D eigenvalue weighted by Crippen LogP contribution is 2.17. The van der Waals surface area contributed by atoms with Crippen LogP contribution in [0.1, 0.15) is 136 Å². The van der Waals surface area contributed by atoms with Gasteiger partial charge in [-0.2, -0.15) is 0 Å². The zero-order valence-corrected chi connectivity index (χ0v) is 19.2. The van der Waals surface area contributed by atoms with Gasteiger partial charge in [0.2, 0.25) is 0 Å². The van der Waals surface area contributed by atoms with Crippen LogP contribution in [0.5, 0.6) is 0 Å². The standard InChI is InChI=1S/C25H53N/c1-5-7-9-10-11-12-13-15-19-23-26(4)24-20-16-14-18-22-25(3)21-17-8-6-2/h25H,5-24H2,1-4H3. The third-order valence-corrected chi connectivity index (χ3v) is 5.93. The van der Waals surface area contributed by atoms with Gasteiger partial charge in [-0.3, -0.25) is 0 Å². The Morgan fingerprint density at radius 1 is 0.500 bits per heavy atom. The van der Waals surface area contributed by atoms with Crippen LogP contribution in [0.4, 0.5) is 0 Å². The molecule has 0 aliphatic heterocycles. The van der Waals surface area contributed by atoms with Crippen LogP contribution in [0.25, 0.3) is 0 Å². The fraction of sp³-hybridized carbons (Fsp3) is 1.00. The molecule has 1 atom stereocenters. The molecular weight excluding hydrogens is 314 g/mol. The molecule has 0 N–H and O–H groups in total. The third kappa shape index (κ3) is 20.3. The van der Waals surface area contributed by atoms with Crippen molar-refractivity contribution in [3.8, 4) is 0 Å². The molecule has 0 aromatic heterocycles. The molecule has 0 aliphatic carbocycles. The van der Waals surface area contributed by atoms with Crippen molar-refractivity contribution >= 4 is 0 Å². The first kappa shape index (κ1) is 26.0. The van der Waals surface area contributed by atoms with E-state index in [2.05, 4.69) is 32.7 Å². The molecular formula is C25H53N. The van der Waals surface area contributed by atoms with Crippen molar-refractivity contribution in [1.82, 2.24) is 4.90 Å². The van der Waals surface area contributed by atoms with E-state index < -0.39 is 0 Å². The second-order valence-electron chi connectivity index (χ2n) is 8.94. The molecule has 158 valence electrons. The van der Waals surface area contributed by atoms with Crippen LogP contribution in [-0.2, 0) is 0 Å². The first-order valence-corrected chi connectivity index (χ1v) is 12.4. The average Bonchev–Trinajstić information content (AvgIpc) is 2.63. The lowest BCUT2D eigenvalue weighted by atomic mass is 9.97. The topological polar surface area (TPSA) is 3.24 Å². The van der Waals surface area contributed by atoms with Gasteiger partial charge < -0.3 is 4.90 Å². The zero-order valence-electron chi connectivity index (χ0n) is 19.2. The molecule has 1 unspecified atom stereocenters. The third-order valence-electron chi connectivity index (χ3n) is 5.93. The smallest absolute Gasteiger partial charge is 0.00218 e. The minimum atomic E-state index is 0.955. The Labute approximate surface area is 167 Å². The van der Waals surface area contributed by atoms with Gasteiger partial charge in [-0.05, 0) is 38.9 Å². The van der Waals surface area contributed by atoms with Crippen molar-refractivity contribution in [3.05, 3.63) is 0 Å². The van der Waals surface area contributed by atoms with Gasteiger partial charge in [0.1, 0.15) is 0 Å². The second-order valence-corrected chi connectivity index (χ2v) is 8.94. The Morgan fingerprint density at radius 3 is 1.35 bits per heavy atom. The van der Waals surface area contributed by atoms with Crippen molar-refractivity contribution in [3.63, 3.8) is 0 Å². The highest BCUT2D eigenvalue weighted by atomic mass is 15.1. The normalized spacial score (nSPS) is 12.8. The summed E-state index contributed by atoms with van der Waals surface area (Å²) in [7, 11) is 2.32. The summed E-state index contributed by atoms with van der Waals surface area (Å²) in [6, 6.07) is 0. The van der Waals surface area contributed by atoms with Gasteiger partial charge in [0.15, 0.2) is 0 Å². The van der Waals surface area contributed by atoms with Crippen molar-refractivity contribution in [2.24, 2.45) is 5.92 Å². The fourth-order valence-corrected chi connectivity index (χ4v) is 3.92. The van der Waals surface area contributed by atoms with E-state index in [1.165, 1.54) is 129 Å². The number of hydrogen-bond acceptors (Lipinski definition) is 1. The molecule has 0 bridgehead atoms. The quantitative estimate of drug-likeness (QED) is 0.183. The van der Waals surface area contributed by atoms with Gasteiger partial charge in [0.05, 0.1) is 0 Å². The molecule has 0 spiro atoms. The van der Waals surface area contributed by atoms with Gasteiger partial charge in [-0.25, -0.2) is 0 Å². The van der Waals surface area contributed by atoms with Crippen LogP contribution in [0.15, 0.2) is 0 Å². The van der Waals surface area contributed by atoms with Crippen LogP contribution in [-0.4, -0.2) is 25.0 Å². The SMILES string of the molecule is CCCCCCCCCCCN(C)CCCCCCC(C)CCCCC.